The van der Waals surface area contributed by atoms with Gasteiger partial charge in [-0.25, -0.2) is 4.79 Å². The molecule has 40 heavy (non-hydrogen) atoms. The van der Waals surface area contributed by atoms with Crippen molar-refractivity contribution in [3.05, 3.63) is 35.9 Å². The number of aliphatic carboxylic acids is 1. The van der Waals surface area contributed by atoms with Gasteiger partial charge in [0.2, 0.25) is 5.91 Å². The predicted molar refractivity (Wildman–Crippen MR) is 131 cm³/mol. The van der Waals surface area contributed by atoms with E-state index in [1.54, 1.807) is 30.3 Å². The van der Waals surface area contributed by atoms with Gasteiger partial charge in [0.25, 0.3) is 0 Å². The Kier molecular flexibility index (Phi) is 12.3. The number of carbonyl (C=O) groups excluding carboxylic acids is 5. The number of carboxylic acids is 1. The zero-order chi connectivity index (χ0) is 29.8. The van der Waals surface area contributed by atoms with E-state index in [1.807, 2.05) is 0 Å². The van der Waals surface area contributed by atoms with Crippen LogP contribution in [0.2, 0.25) is 0 Å². The van der Waals surface area contributed by atoms with E-state index in [1.165, 1.54) is 7.11 Å². The molecule has 0 bridgehead atoms. The minimum absolute atomic E-state index is 0.140. The van der Waals surface area contributed by atoms with Crippen LogP contribution >= 0.6 is 0 Å². The van der Waals surface area contributed by atoms with Gasteiger partial charge in [0.05, 0.1) is 6.42 Å². The van der Waals surface area contributed by atoms with Crippen molar-refractivity contribution in [3.8, 4) is 0 Å². The van der Waals surface area contributed by atoms with E-state index in [0.717, 1.165) is 20.8 Å². The van der Waals surface area contributed by atoms with Gasteiger partial charge < -0.3 is 44.2 Å². The maximum Gasteiger partial charge on any atom is 0.408 e. The van der Waals surface area contributed by atoms with E-state index in [2.05, 4.69) is 10.6 Å². The number of benzene rings is 1. The van der Waals surface area contributed by atoms with Gasteiger partial charge in [-0.3, -0.25) is 24.0 Å². The number of hydrogen-bond donors (Lipinski definition) is 3. The van der Waals surface area contributed by atoms with Crippen LogP contribution in [0.1, 0.15) is 32.8 Å². The maximum absolute atomic E-state index is 13.2. The summed E-state index contributed by atoms with van der Waals surface area (Å²) >= 11 is 0. The molecule has 1 aromatic rings. The highest BCUT2D eigenvalue weighted by atomic mass is 16.7. The fraction of sp³-hybridized carbons (Fsp3) is 0.520. The standard InChI is InChI=1S/C25H32N2O13/c1-13(28)36-12-18-21(38-14(2)29)22(39-15(3)30)20(24(35-4)40-18)27-23(33)17(10-19(31)32)26-25(34)37-11-16-8-6-5-7-9-16/h5-9,17-18,20-22,24H,10-12H2,1-4H3,(H,26,34)(H,27,33)(H,31,32)/t17-,18-,20+,21-,22-,24-/m0/s1. The van der Waals surface area contributed by atoms with Crippen LogP contribution in [0.15, 0.2) is 30.3 Å². The number of nitrogens with one attached hydrogen (secondary N) is 2. The predicted octanol–water partition coefficient (Wildman–Crippen LogP) is 0.0387. The van der Waals surface area contributed by atoms with Crippen LogP contribution in [-0.4, -0.2) is 91.4 Å². The molecule has 1 aromatic carbocycles. The molecule has 1 aliphatic heterocycles. The summed E-state index contributed by atoms with van der Waals surface area (Å²) < 4.78 is 31.7. The summed E-state index contributed by atoms with van der Waals surface area (Å²) in [5.74, 6) is -4.73. The first-order valence-electron chi connectivity index (χ1n) is 12.1. The van der Waals surface area contributed by atoms with Crippen LogP contribution in [0.5, 0.6) is 0 Å². The summed E-state index contributed by atoms with van der Waals surface area (Å²) in [6.45, 7) is 2.74. The molecule has 1 heterocycles. The molecule has 15 heteroatoms. The van der Waals surface area contributed by atoms with Crippen molar-refractivity contribution in [2.24, 2.45) is 0 Å². The highest BCUT2D eigenvalue weighted by molar-refractivity contribution is 5.89. The van der Waals surface area contributed by atoms with Gasteiger partial charge in [-0.2, -0.15) is 0 Å². The quantitative estimate of drug-likeness (QED) is 0.225. The Labute approximate surface area is 229 Å². The SMILES string of the molecule is CO[C@H]1O[C@@H](COC(C)=O)[C@H](OC(C)=O)[C@@H](OC(C)=O)[C@H]1NC(=O)[C@H](CC(=O)O)NC(=O)OCc1ccccc1. The Bertz CT molecular complexity index is 1060. The average molecular weight is 569 g/mol. The van der Waals surface area contributed by atoms with E-state index in [0.29, 0.717) is 5.56 Å². The molecule has 220 valence electrons. The topological polar surface area (TPSA) is 202 Å². The molecule has 6 atom stereocenters. The maximum atomic E-state index is 13.2. The Balaban J connectivity index is 2.27. The Hall–Kier alpha value is -4.24. The van der Waals surface area contributed by atoms with Gasteiger partial charge in [0.15, 0.2) is 18.5 Å². The molecule has 1 saturated heterocycles. The molecule has 0 aliphatic carbocycles. The van der Waals surface area contributed by atoms with E-state index < -0.39 is 85.6 Å². The molecule has 0 aromatic heterocycles. The number of hydrogen-bond acceptors (Lipinski definition) is 12. The molecule has 0 saturated carbocycles. The zero-order valence-electron chi connectivity index (χ0n) is 22.3. The smallest absolute Gasteiger partial charge is 0.408 e. The largest absolute Gasteiger partial charge is 0.481 e. The first-order valence-corrected chi connectivity index (χ1v) is 12.1. The molecule has 2 amide bonds. The number of carbonyl (C=O) groups is 6. The summed E-state index contributed by atoms with van der Waals surface area (Å²) in [6.07, 6.45) is -7.23. The zero-order valence-corrected chi connectivity index (χ0v) is 22.3. The number of carboxylic acid groups (broad SMARTS) is 1. The molecule has 0 radical (unpaired) electrons. The van der Waals surface area contributed by atoms with Crippen LogP contribution in [0.3, 0.4) is 0 Å². The normalized spacial score (nSPS) is 22.6. The molecule has 0 unspecified atom stereocenters. The minimum Gasteiger partial charge on any atom is -0.481 e. The van der Waals surface area contributed by atoms with Gasteiger partial charge in [0.1, 0.15) is 31.4 Å². The Morgan fingerprint density at radius 1 is 0.925 bits per heavy atom. The summed E-state index contributed by atoms with van der Waals surface area (Å²) in [5, 5.41) is 14.0. The van der Waals surface area contributed by atoms with Gasteiger partial charge in [-0.15, -0.1) is 0 Å². The lowest BCUT2D eigenvalue weighted by atomic mass is 9.95. The van der Waals surface area contributed by atoms with E-state index >= 15 is 0 Å². The van der Waals surface area contributed by atoms with Gasteiger partial charge in [-0.05, 0) is 5.56 Å². The summed E-state index contributed by atoms with van der Waals surface area (Å²) in [7, 11) is 1.21. The van der Waals surface area contributed by atoms with Gasteiger partial charge in [0, 0.05) is 27.9 Å². The lowest BCUT2D eigenvalue weighted by Crippen LogP contribution is -2.68. The van der Waals surface area contributed by atoms with Gasteiger partial charge in [-0.1, -0.05) is 30.3 Å². The highest BCUT2D eigenvalue weighted by Gasteiger charge is 2.51. The summed E-state index contributed by atoms with van der Waals surface area (Å²) in [5.41, 5.74) is 0.656. The lowest BCUT2D eigenvalue weighted by molar-refractivity contribution is -0.271. The number of ether oxygens (including phenoxy) is 6. The summed E-state index contributed by atoms with van der Waals surface area (Å²) in [4.78, 5) is 72.2. The van der Waals surface area contributed by atoms with Crippen molar-refractivity contribution in [3.63, 3.8) is 0 Å². The third-order valence-corrected chi connectivity index (χ3v) is 5.44. The number of rotatable bonds is 12. The molecule has 15 nitrogen and oxygen atoms in total. The van der Waals surface area contributed by atoms with E-state index in [4.69, 9.17) is 28.4 Å². The first kappa shape index (κ1) is 32.0. The van der Waals surface area contributed by atoms with Crippen molar-refractivity contribution in [2.45, 2.75) is 70.5 Å². The molecule has 2 rings (SSSR count). The molecule has 3 N–H and O–H groups in total. The van der Waals surface area contributed by atoms with Crippen LogP contribution < -0.4 is 10.6 Å². The van der Waals surface area contributed by atoms with Crippen molar-refractivity contribution in [1.29, 1.82) is 0 Å². The number of methoxy groups -OCH3 is 1. The molecule has 0 spiro atoms. The van der Waals surface area contributed by atoms with Crippen LogP contribution in [-0.2, 0) is 59.0 Å². The summed E-state index contributed by atoms with van der Waals surface area (Å²) in [6, 6.07) is 5.63. The van der Waals surface area contributed by atoms with Crippen molar-refractivity contribution in [2.75, 3.05) is 13.7 Å². The molecular formula is C25H32N2O13. The monoisotopic (exact) mass is 568 g/mol. The minimum atomic E-state index is -1.64. The third kappa shape index (κ3) is 10.1. The second kappa shape index (κ2) is 15.4. The second-order valence-electron chi connectivity index (χ2n) is 8.62. The van der Waals surface area contributed by atoms with E-state index in [9.17, 15) is 33.9 Å². The van der Waals surface area contributed by atoms with Crippen LogP contribution in [0.4, 0.5) is 4.79 Å². The first-order chi connectivity index (χ1) is 18.9. The fourth-order valence-electron chi connectivity index (χ4n) is 3.81. The Morgan fingerprint density at radius 3 is 2.10 bits per heavy atom. The van der Waals surface area contributed by atoms with Crippen molar-refractivity contribution < 1.29 is 62.3 Å². The second-order valence-corrected chi connectivity index (χ2v) is 8.62. The molecule has 1 fully saturated rings. The van der Waals surface area contributed by atoms with Crippen molar-refractivity contribution in [1.82, 2.24) is 10.6 Å². The number of alkyl carbamates (subject to hydrolysis) is 1. The van der Waals surface area contributed by atoms with Gasteiger partial charge >= 0.3 is 30.0 Å². The van der Waals surface area contributed by atoms with Crippen molar-refractivity contribution >= 4 is 35.9 Å². The van der Waals surface area contributed by atoms with Crippen LogP contribution in [0.25, 0.3) is 0 Å². The van der Waals surface area contributed by atoms with Crippen LogP contribution in [0, 0.1) is 0 Å². The molecular weight excluding hydrogens is 536 g/mol. The average Bonchev–Trinajstić information content (AvgIpc) is 2.88. The lowest BCUT2D eigenvalue weighted by Gasteiger charge is -2.44. The third-order valence-electron chi connectivity index (χ3n) is 5.44. The number of esters is 3. The molecule has 1 aliphatic rings. The Morgan fingerprint density at radius 2 is 1.55 bits per heavy atom. The number of amides is 2. The fourth-order valence-corrected chi connectivity index (χ4v) is 3.81. The van der Waals surface area contributed by atoms with E-state index in [-0.39, 0.29) is 6.61 Å². The highest BCUT2D eigenvalue weighted by Crippen LogP contribution is 2.27.